The number of benzene rings is 1. The second-order valence-corrected chi connectivity index (χ2v) is 5.12. The van der Waals surface area contributed by atoms with E-state index in [4.69, 9.17) is 10.5 Å². The van der Waals surface area contributed by atoms with E-state index in [0.29, 0.717) is 18.3 Å². The maximum atomic E-state index is 13.4. The van der Waals surface area contributed by atoms with Gasteiger partial charge in [-0.25, -0.2) is 9.49 Å². The number of aromatic amines is 1. The van der Waals surface area contributed by atoms with Crippen LogP contribution in [0.1, 0.15) is 0 Å². The van der Waals surface area contributed by atoms with Crippen LogP contribution in [0.5, 0.6) is 5.75 Å². The Morgan fingerprint density at radius 1 is 1.23 bits per heavy atom. The van der Waals surface area contributed by atoms with Gasteiger partial charge >= 0.3 is 0 Å². The number of para-hydroxylation sites is 1. The smallest absolute Gasteiger partial charge is 0.241 e. The average Bonchev–Trinajstić information content (AvgIpc) is 2.96. The number of rotatable bonds is 5. The van der Waals surface area contributed by atoms with Gasteiger partial charge in [0.25, 0.3) is 0 Å². The lowest BCUT2D eigenvalue weighted by atomic mass is 10.3. The molecule has 0 spiro atoms. The van der Waals surface area contributed by atoms with Gasteiger partial charge in [-0.05, 0) is 12.1 Å². The molecule has 22 heavy (non-hydrogen) atoms. The summed E-state index contributed by atoms with van der Waals surface area (Å²) in [4.78, 5) is 8.51. The zero-order valence-electron chi connectivity index (χ0n) is 12.2. The summed E-state index contributed by atoms with van der Waals surface area (Å²) in [6.45, 7) is 4.70. The van der Waals surface area contributed by atoms with Gasteiger partial charge < -0.3 is 15.4 Å². The topological polar surface area (TPSA) is 83.3 Å². The van der Waals surface area contributed by atoms with E-state index in [1.165, 1.54) is 6.07 Å². The number of nitrogens with two attached hydrogens (primary N) is 1. The Morgan fingerprint density at radius 2 is 2.00 bits per heavy atom. The maximum absolute atomic E-state index is 13.4. The summed E-state index contributed by atoms with van der Waals surface area (Å²) < 4.78 is 18.9. The summed E-state index contributed by atoms with van der Waals surface area (Å²) in [7, 11) is 0. The van der Waals surface area contributed by atoms with Gasteiger partial charge in [-0.2, -0.15) is 4.98 Å². The first-order valence-corrected chi connectivity index (χ1v) is 7.25. The van der Waals surface area contributed by atoms with Gasteiger partial charge in [-0.15, -0.1) is 5.10 Å². The first-order valence-electron chi connectivity index (χ1n) is 7.25. The van der Waals surface area contributed by atoms with E-state index in [-0.39, 0.29) is 11.8 Å². The van der Waals surface area contributed by atoms with Crippen molar-refractivity contribution in [3.8, 4) is 5.75 Å². The molecule has 0 aliphatic carbocycles. The highest BCUT2D eigenvalue weighted by atomic mass is 19.1. The summed E-state index contributed by atoms with van der Waals surface area (Å²) in [5.41, 5.74) is 5.51. The summed E-state index contributed by atoms with van der Waals surface area (Å²) in [6, 6.07) is 6.46. The standard InChI is InChI=1S/C14H19FN6O/c15-11-3-1-2-4-12(11)22-10-9-20-5-7-21(8-6-20)14-17-13(16)18-19-14/h1-4H,5-10H2,(H3,16,17,18,19). The number of nitrogen functional groups attached to an aromatic ring is 1. The van der Waals surface area contributed by atoms with Crippen LogP contribution in [-0.2, 0) is 0 Å². The molecule has 3 N–H and O–H groups in total. The fraction of sp³-hybridized carbons (Fsp3) is 0.429. The van der Waals surface area contributed by atoms with Crippen LogP contribution in [0.15, 0.2) is 24.3 Å². The van der Waals surface area contributed by atoms with Crippen LogP contribution in [0.3, 0.4) is 0 Å². The average molecular weight is 306 g/mol. The highest BCUT2D eigenvalue weighted by molar-refractivity contribution is 5.34. The third kappa shape index (κ3) is 3.45. The van der Waals surface area contributed by atoms with Gasteiger partial charge in [0.2, 0.25) is 11.9 Å². The zero-order chi connectivity index (χ0) is 15.4. The molecule has 0 unspecified atom stereocenters. The van der Waals surface area contributed by atoms with Crippen LogP contribution < -0.4 is 15.4 Å². The van der Waals surface area contributed by atoms with Crippen molar-refractivity contribution in [2.24, 2.45) is 0 Å². The molecule has 2 heterocycles. The van der Waals surface area contributed by atoms with Crippen molar-refractivity contribution < 1.29 is 9.13 Å². The maximum Gasteiger partial charge on any atom is 0.241 e. The number of H-pyrrole nitrogens is 1. The van der Waals surface area contributed by atoms with E-state index >= 15 is 0 Å². The Balaban J connectivity index is 1.42. The first-order chi connectivity index (χ1) is 10.7. The highest BCUT2D eigenvalue weighted by Gasteiger charge is 2.19. The number of piperazine rings is 1. The Labute approximate surface area is 127 Å². The molecule has 1 fully saturated rings. The number of ether oxygens (including phenoxy) is 1. The van der Waals surface area contributed by atoms with E-state index in [2.05, 4.69) is 25.0 Å². The molecule has 3 rings (SSSR count). The molecule has 1 saturated heterocycles. The van der Waals surface area contributed by atoms with Gasteiger partial charge in [0.15, 0.2) is 11.6 Å². The fourth-order valence-corrected chi connectivity index (χ4v) is 2.44. The van der Waals surface area contributed by atoms with E-state index in [9.17, 15) is 4.39 Å². The van der Waals surface area contributed by atoms with Crippen molar-refractivity contribution in [3.05, 3.63) is 30.1 Å². The lowest BCUT2D eigenvalue weighted by molar-refractivity contribution is 0.196. The van der Waals surface area contributed by atoms with Crippen molar-refractivity contribution in [3.63, 3.8) is 0 Å². The number of nitrogens with one attached hydrogen (secondary N) is 1. The number of hydrogen-bond acceptors (Lipinski definition) is 6. The minimum absolute atomic E-state index is 0.260. The van der Waals surface area contributed by atoms with Crippen molar-refractivity contribution in [1.29, 1.82) is 0 Å². The summed E-state index contributed by atoms with van der Waals surface area (Å²) >= 11 is 0. The Bertz CT molecular complexity index is 611. The van der Waals surface area contributed by atoms with Gasteiger partial charge in [-0.3, -0.25) is 4.90 Å². The van der Waals surface area contributed by atoms with Gasteiger partial charge in [0, 0.05) is 32.7 Å². The van der Waals surface area contributed by atoms with Crippen LogP contribution in [0.2, 0.25) is 0 Å². The van der Waals surface area contributed by atoms with E-state index in [1.54, 1.807) is 18.2 Å². The Morgan fingerprint density at radius 3 is 2.68 bits per heavy atom. The fourth-order valence-electron chi connectivity index (χ4n) is 2.44. The largest absolute Gasteiger partial charge is 0.489 e. The van der Waals surface area contributed by atoms with Gasteiger partial charge in [0.05, 0.1) is 0 Å². The number of nitrogens with zero attached hydrogens (tertiary/aromatic N) is 4. The molecule has 0 radical (unpaired) electrons. The molecule has 8 heteroatoms. The van der Waals surface area contributed by atoms with Crippen LogP contribution >= 0.6 is 0 Å². The highest BCUT2D eigenvalue weighted by Crippen LogP contribution is 2.15. The minimum Gasteiger partial charge on any atom is -0.489 e. The predicted octanol–water partition coefficient (Wildman–Crippen LogP) is 0.727. The van der Waals surface area contributed by atoms with Crippen LogP contribution in [-0.4, -0.2) is 59.4 Å². The second kappa shape index (κ2) is 6.61. The van der Waals surface area contributed by atoms with E-state index in [1.807, 2.05) is 0 Å². The predicted molar refractivity (Wildman–Crippen MR) is 81.3 cm³/mol. The molecule has 7 nitrogen and oxygen atoms in total. The van der Waals surface area contributed by atoms with Crippen LogP contribution in [0.4, 0.5) is 16.3 Å². The molecule has 2 aromatic rings. The molecule has 118 valence electrons. The summed E-state index contributed by atoms with van der Waals surface area (Å²) in [6.07, 6.45) is 0. The normalized spacial score (nSPS) is 16.0. The molecule has 1 aromatic carbocycles. The lowest BCUT2D eigenvalue weighted by Crippen LogP contribution is -2.47. The minimum atomic E-state index is -0.324. The molecule has 0 amide bonds. The molecule has 1 aromatic heterocycles. The van der Waals surface area contributed by atoms with Crippen molar-refractivity contribution >= 4 is 11.9 Å². The van der Waals surface area contributed by atoms with Crippen LogP contribution in [0.25, 0.3) is 0 Å². The van der Waals surface area contributed by atoms with Gasteiger partial charge in [0.1, 0.15) is 6.61 Å². The summed E-state index contributed by atoms with van der Waals surface area (Å²) in [5, 5.41) is 6.65. The molecule has 1 aliphatic heterocycles. The quantitative estimate of drug-likeness (QED) is 0.847. The molecule has 0 atom stereocenters. The number of anilines is 2. The van der Waals surface area contributed by atoms with Gasteiger partial charge in [-0.1, -0.05) is 12.1 Å². The lowest BCUT2D eigenvalue weighted by Gasteiger charge is -2.34. The summed E-state index contributed by atoms with van der Waals surface area (Å²) in [5.74, 6) is 0.948. The SMILES string of the molecule is Nc1n[nH]c(N2CCN(CCOc3ccccc3F)CC2)n1. The Hall–Kier alpha value is -2.35. The Kier molecular flexibility index (Phi) is 4.38. The van der Waals surface area contributed by atoms with E-state index in [0.717, 1.165) is 32.7 Å². The van der Waals surface area contributed by atoms with Crippen molar-refractivity contribution in [2.45, 2.75) is 0 Å². The molecular weight excluding hydrogens is 287 g/mol. The molecule has 0 bridgehead atoms. The number of hydrogen-bond donors (Lipinski definition) is 2. The third-order valence-corrected chi connectivity index (χ3v) is 3.66. The molecular formula is C14H19FN6O. The van der Waals surface area contributed by atoms with E-state index < -0.39 is 0 Å². The molecule has 0 saturated carbocycles. The third-order valence-electron chi connectivity index (χ3n) is 3.66. The van der Waals surface area contributed by atoms with Crippen molar-refractivity contribution in [1.82, 2.24) is 20.1 Å². The first kappa shape index (κ1) is 14.6. The second-order valence-electron chi connectivity index (χ2n) is 5.12. The zero-order valence-corrected chi connectivity index (χ0v) is 12.2. The molecule has 1 aliphatic rings. The van der Waals surface area contributed by atoms with Crippen LogP contribution in [0, 0.1) is 5.82 Å². The number of halogens is 1. The monoisotopic (exact) mass is 306 g/mol. The number of aromatic nitrogens is 3. The van der Waals surface area contributed by atoms with Crippen molar-refractivity contribution in [2.75, 3.05) is 50.0 Å².